The molecule has 0 amide bonds. The highest BCUT2D eigenvalue weighted by atomic mass is 16.7. The number of hydrogen-bond donors (Lipinski definition) is 0. The van der Waals surface area contributed by atoms with Crippen molar-refractivity contribution in [1.29, 1.82) is 0 Å². The van der Waals surface area contributed by atoms with E-state index >= 15 is 0 Å². The third kappa shape index (κ3) is 2.66. The second-order valence-corrected chi connectivity index (χ2v) is 4.12. The van der Waals surface area contributed by atoms with Crippen LogP contribution >= 0.6 is 0 Å². The molecule has 2 rings (SSSR count). The van der Waals surface area contributed by atoms with E-state index in [1.807, 2.05) is 32.0 Å². The second-order valence-electron chi connectivity index (χ2n) is 4.12. The Labute approximate surface area is 108 Å². The molecule has 0 spiro atoms. The van der Waals surface area contributed by atoms with Crippen LogP contribution in [0, 0.1) is 0 Å². The Bertz CT molecular complexity index is 344. The van der Waals surface area contributed by atoms with Gasteiger partial charge in [0.15, 0.2) is 0 Å². The first-order valence-corrected chi connectivity index (χ1v) is 6.50. The average molecular weight is 251 g/mol. The molecule has 1 heterocycles. The van der Waals surface area contributed by atoms with Gasteiger partial charge in [0.2, 0.25) is 0 Å². The van der Waals surface area contributed by atoms with Gasteiger partial charge in [-0.15, -0.1) is 0 Å². The number of nitrogens with zero attached hydrogens (tertiary/aromatic N) is 1. The van der Waals surface area contributed by atoms with Gasteiger partial charge in [-0.1, -0.05) is 18.2 Å². The Morgan fingerprint density at radius 3 is 2.44 bits per heavy atom. The molecule has 0 aliphatic carbocycles. The fourth-order valence-corrected chi connectivity index (χ4v) is 2.27. The molecule has 18 heavy (non-hydrogen) atoms. The summed E-state index contributed by atoms with van der Waals surface area (Å²) in [6.07, 6.45) is 0. The SMILES string of the molecule is CCOC1(OCC)COCCN1c1ccccc1. The van der Waals surface area contributed by atoms with Crippen molar-refractivity contribution in [2.24, 2.45) is 0 Å². The van der Waals surface area contributed by atoms with Gasteiger partial charge >= 0.3 is 0 Å². The lowest BCUT2D eigenvalue weighted by molar-refractivity contribution is -0.269. The molecule has 0 radical (unpaired) electrons. The van der Waals surface area contributed by atoms with Gasteiger partial charge in [-0.25, -0.2) is 0 Å². The van der Waals surface area contributed by atoms with E-state index in [-0.39, 0.29) is 0 Å². The van der Waals surface area contributed by atoms with E-state index in [1.165, 1.54) is 0 Å². The summed E-state index contributed by atoms with van der Waals surface area (Å²) in [5.41, 5.74) is 1.10. The molecule has 0 N–H and O–H groups in total. The zero-order valence-corrected chi connectivity index (χ0v) is 11.1. The van der Waals surface area contributed by atoms with Crippen LogP contribution in [0.5, 0.6) is 0 Å². The van der Waals surface area contributed by atoms with E-state index in [1.54, 1.807) is 0 Å². The van der Waals surface area contributed by atoms with Crippen LogP contribution in [0.3, 0.4) is 0 Å². The lowest BCUT2D eigenvalue weighted by Gasteiger charge is -2.46. The average Bonchev–Trinajstić information content (AvgIpc) is 2.41. The molecule has 4 heteroatoms. The smallest absolute Gasteiger partial charge is 0.276 e. The molecule has 4 nitrogen and oxygen atoms in total. The Kier molecular flexibility index (Phi) is 4.58. The van der Waals surface area contributed by atoms with Crippen molar-refractivity contribution in [1.82, 2.24) is 0 Å². The number of para-hydroxylation sites is 1. The van der Waals surface area contributed by atoms with Crippen molar-refractivity contribution in [2.75, 3.05) is 37.9 Å². The Hall–Kier alpha value is -1.10. The van der Waals surface area contributed by atoms with Crippen molar-refractivity contribution in [3.8, 4) is 0 Å². The molecule has 1 saturated heterocycles. The maximum absolute atomic E-state index is 5.86. The van der Waals surface area contributed by atoms with E-state index in [4.69, 9.17) is 14.2 Å². The summed E-state index contributed by atoms with van der Waals surface area (Å²) in [5, 5.41) is 0. The predicted molar refractivity (Wildman–Crippen MR) is 70.6 cm³/mol. The minimum absolute atomic E-state index is 0.434. The highest BCUT2D eigenvalue weighted by molar-refractivity contribution is 5.48. The second kappa shape index (κ2) is 6.18. The lowest BCUT2D eigenvalue weighted by Crippen LogP contribution is -2.60. The molecule has 1 aromatic carbocycles. The first-order chi connectivity index (χ1) is 8.82. The summed E-state index contributed by atoms with van der Waals surface area (Å²) in [6, 6.07) is 10.2. The zero-order chi connectivity index (χ0) is 12.8. The summed E-state index contributed by atoms with van der Waals surface area (Å²) < 4.78 is 17.3. The normalized spacial score (nSPS) is 18.9. The first-order valence-electron chi connectivity index (χ1n) is 6.50. The molecule has 1 aliphatic rings. The first kappa shape index (κ1) is 13.3. The van der Waals surface area contributed by atoms with E-state index in [2.05, 4.69) is 17.0 Å². The minimum atomic E-state index is -0.789. The van der Waals surface area contributed by atoms with Crippen molar-refractivity contribution in [3.05, 3.63) is 30.3 Å². The molecule has 0 bridgehead atoms. The Balaban J connectivity index is 2.28. The number of morpholine rings is 1. The van der Waals surface area contributed by atoms with E-state index in [0.717, 1.165) is 12.2 Å². The number of hydrogen-bond acceptors (Lipinski definition) is 4. The molecular weight excluding hydrogens is 230 g/mol. The van der Waals surface area contributed by atoms with E-state index < -0.39 is 5.91 Å². The van der Waals surface area contributed by atoms with Crippen molar-refractivity contribution < 1.29 is 14.2 Å². The summed E-state index contributed by atoms with van der Waals surface area (Å²) in [5.74, 6) is -0.789. The van der Waals surface area contributed by atoms with Gasteiger partial charge in [0.05, 0.1) is 6.61 Å². The van der Waals surface area contributed by atoms with Crippen molar-refractivity contribution in [2.45, 2.75) is 19.8 Å². The predicted octanol–water partition coefficient (Wildman–Crippen LogP) is 2.25. The largest absolute Gasteiger partial charge is 0.372 e. The van der Waals surface area contributed by atoms with Crippen LogP contribution in [-0.2, 0) is 14.2 Å². The highest BCUT2D eigenvalue weighted by Crippen LogP contribution is 2.29. The number of benzene rings is 1. The molecular formula is C14H21NO3. The number of rotatable bonds is 5. The fourth-order valence-electron chi connectivity index (χ4n) is 2.27. The van der Waals surface area contributed by atoms with Gasteiger partial charge < -0.3 is 19.1 Å². The van der Waals surface area contributed by atoms with Gasteiger partial charge in [0, 0.05) is 25.4 Å². The van der Waals surface area contributed by atoms with Crippen LogP contribution in [0.25, 0.3) is 0 Å². The van der Waals surface area contributed by atoms with Gasteiger partial charge in [-0.05, 0) is 26.0 Å². The topological polar surface area (TPSA) is 30.9 Å². The molecule has 0 saturated carbocycles. The molecule has 0 atom stereocenters. The Morgan fingerprint density at radius 2 is 1.83 bits per heavy atom. The summed E-state index contributed by atoms with van der Waals surface area (Å²) in [6.45, 7) is 7.01. The Morgan fingerprint density at radius 1 is 1.17 bits per heavy atom. The van der Waals surface area contributed by atoms with Gasteiger partial charge in [0.1, 0.15) is 6.61 Å². The molecule has 1 fully saturated rings. The van der Waals surface area contributed by atoms with Crippen LogP contribution in [0.4, 0.5) is 5.69 Å². The third-order valence-electron chi connectivity index (χ3n) is 2.96. The maximum atomic E-state index is 5.86. The van der Waals surface area contributed by atoms with Gasteiger partial charge in [0.25, 0.3) is 5.91 Å². The molecule has 0 aromatic heterocycles. The van der Waals surface area contributed by atoms with Crippen LogP contribution < -0.4 is 4.90 Å². The van der Waals surface area contributed by atoms with Crippen molar-refractivity contribution in [3.63, 3.8) is 0 Å². The summed E-state index contributed by atoms with van der Waals surface area (Å²) in [7, 11) is 0. The van der Waals surface area contributed by atoms with E-state index in [9.17, 15) is 0 Å². The van der Waals surface area contributed by atoms with Crippen LogP contribution in [0.2, 0.25) is 0 Å². The monoisotopic (exact) mass is 251 g/mol. The standard InChI is InChI=1S/C14H21NO3/c1-3-17-14(18-4-2)12-16-11-10-15(14)13-8-6-5-7-9-13/h5-9H,3-4,10-12H2,1-2H3. The highest BCUT2D eigenvalue weighted by Gasteiger charge is 2.42. The van der Waals surface area contributed by atoms with E-state index in [0.29, 0.717) is 26.4 Å². The quantitative estimate of drug-likeness (QED) is 0.751. The fraction of sp³-hybridized carbons (Fsp3) is 0.571. The number of ether oxygens (including phenoxy) is 3. The number of anilines is 1. The molecule has 1 aliphatic heterocycles. The minimum Gasteiger partial charge on any atom is -0.372 e. The summed E-state index contributed by atoms with van der Waals surface area (Å²) in [4.78, 5) is 2.14. The maximum Gasteiger partial charge on any atom is 0.276 e. The van der Waals surface area contributed by atoms with Crippen LogP contribution in [0.15, 0.2) is 30.3 Å². The van der Waals surface area contributed by atoms with Crippen molar-refractivity contribution >= 4 is 5.69 Å². The van der Waals surface area contributed by atoms with Crippen LogP contribution in [0.1, 0.15) is 13.8 Å². The van der Waals surface area contributed by atoms with Crippen LogP contribution in [-0.4, -0.2) is 38.9 Å². The third-order valence-corrected chi connectivity index (χ3v) is 2.96. The molecule has 0 unspecified atom stereocenters. The summed E-state index contributed by atoms with van der Waals surface area (Å²) >= 11 is 0. The molecule has 100 valence electrons. The molecule has 1 aromatic rings. The van der Waals surface area contributed by atoms with Gasteiger partial charge in [-0.2, -0.15) is 0 Å². The lowest BCUT2D eigenvalue weighted by atomic mass is 10.2. The van der Waals surface area contributed by atoms with Gasteiger partial charge in [-0.3, -0.25) is 0 Å². The zero-order valence-electron chi connectivity index (χ0n) is 11.1.